The summed E-state index contributed by atoms with van der Waals surface area (Å²) in [6, 6.07) is 0. The number of carbonyl (C=O) groups is 1. The molecule has 0 saturated carbocycles. The molecule has 0 aliphatic carbocycles. The first kappa shape index (κ1) is 16.3. The van der Waals surface area contributed by atoms with Crippen LogP contribution >= 0.6 is 12.2 Å². The van der Waals surface area contributed by atoms with Gasteiger partial charge in [-0.15, -0.1) is 0 Å². The molecule has 4 nitrogen and oxygen atoms in total. The summed E-state index contributed by atoms with van der Waals surface area (Å²) >= 11 is 4.84. The average molecular weight is 260 g/mol. The summed E-state index contributed by atoms with van der Waals surface area (Å²) in [4.78, 5) is 14.2. The van der Waals surface area contributed by atoms with E-state index in [1.165, 1.54) is 0 Å². The Bertz CT molecular complexity index is 235. The number of nitrogens with zero attached hydrogens (tertiary/aromatic N) is 1. The summed E-state index contributed by atoms with van der Waals surface area (Å²) in [6.07, 6.45) is 4.03. The molecule has 5 heteroatoms. The molecule has 1 amide bonds. The van der Waals surface area contributed by atoms with Gasteiger partial charge in [0.15, 0.2) is 0 Å². The van der Waals surface area contributed by atoms with Crippen LogP contribution in [0.4, 0.5) is 0 Å². The van der Waals surface area contributed by atoms with Crippen molar-refractivity contribution in [1.82, 2.24) is 4.90 Å². The van der Waals surface area contributed by atoms with Gasteiger partial charge in [-0.1, -0.05) is 25.6 Å². The van der Waals surface area contributed by atoms with E-state index in [0.29, 0.717) is 31.0 Å². The maximum atomic E-state index is 11.9. The number of unbranched alkanes of at least 4 members (excludes halogenated alkanes) is 1. The summed E-state index contributed by atoms with van der Waals surface area (Å²) in [5, 5.41) is 0. The van der Waals surface area contributed by atoms with E-state index in [-0.39, 0.29) is 5.91 Å². The molecule has 100 valence electrons. The minimum atomic E-state index is 0.194. The van der Waals surface area contributed by atoms with Gasteiger partial charge in [-0.05, 0) is 12.8 Å². The molecule has 0 aromatic rings. The predicted molar refractivity (Wildman–Crippen MR) is 74.0 cm³/mol. The van der Waals surface area contributed by atoms with Gasteiger partial charge in [-0.25, -0.2) is 0 Å². The minimum absolute atomic E-state index is 0.194. The molecule has 0 aromatic heterocycles. The van der Waals surface area contributed by atoms with Crippen molar-refractivity contribution in [1.29, 1.82) is 0 Å². The van der Waals surface area contributed by atoms with Crippen molar-refractivity contribution in [3.8, 4) is 0 Å². The van der Waals surface area contributed by atoms with Gasteiger partial charge in [-0.2, -0.15) is 0 Å². The van der Waals surface area contributed by atoms with E-state index in [4.69, 9.17) is 22.7 Å². The molecule has 17 heavy (non-hydrogen) atoms. The molecule has 0 heterocycles. The van der Waals surface area contributed by atoms with E-state index in [1.807, 2.05) is 4.90 Å². The highest BCUT2D eigenvalue weighted by molar-refractivity contribution is 7.80. The van der Waals surface area contributed by atoms with Crippen molar-refractivity contribution in [3.63, 3.8) is 0 Å². The topological polar surface area (TPSA) is 55.6 Å². The van der Waals surface area contributed by atoms with Gasteiger partial charge in [-0.3, -0.25) is 4.79 Å². The zero-order chi connectivity index (χ0) is 13.1. The third kappa shape index (κ3) is 9.06. The maximum Gasteiger partial charge on any atom is 0.222 e. The molecule has 0 radical (unpaired) electrons. The van der Waals surface area contributed by atoms with Gasteiger partial charge in [0.25, 0.3) is 0 Å². The van der Waals surface area contributed by atoms with Crippen LogP contribution in [0.5, 0.6) is 0 Å². The van der Waals surface area contributed by atoms with Gasteiger partial charge in [0, 0.05) is 39.6 Å². The fourth-order valence-corrected chi connectivity index (χ4v) is 1.58. The average Bonchev–Trinajstić information content (AvgIpc) is 2.30. The second kappa shape index (κ2) is 10.5. The highest BCUT2D eigenvalue weighted by Crippen LogP contribution is 2.03. The van der Waals surface area contributed by atoms with Crippen molar-refractivity contribution in [2.24, 2.45) is 5.73 Å². The number of rotatable bonds is 10. The fourth-order valence-electron chi connectivity index (χ4n) is 1.49. The molecule has 0 aliphatic heterocycles. The zero-order valence-corrected chi connectivity index (χ0v) is 11.7. The zero-order valence-electron chi connectivity index (χ0n) is 10.9. The maximum absolute atomic E-state index is 11.9. The first-order valence-corrected chi connectivity index (χ1v) is 6.57. The van der Waals surface area contributed by atoms with Gasteiger partial charge in [0.05, 0.1) is 4.99 Å². The molecule has 0 saturated heterocycles. The van der Waals surface area contributed by atoms with Crippen LogP contribution in [-0.2, 0) is 9.53 Å². The summed E-state index contributed by atoms with van der Waals surface area (Å²) in [7, 11) is 1.66. The van der Waals surface area contributed by atoms with Gasteiger partial charge < -0.3 is 15.4 Å². The lowest BCUT2D eigenvalue weighted by atomic mass is 10.2. The molecule has 0 bridgehead atoms. The monoisotopic (exact) mass is 260 g/mol. The Balaban J connectivity index is 4.07. The van der Waals surface area contributed by atoms with E-state index in [1.54, 1.807) is 7.11 Å². The van der Waals surface area contributed by atoms with Gasteiger partial charge >= 0.3 is 0 Å². The van der Waals surface area contributed by atoms with E-state index >= 15 is 0 Å². The third-order valence-corrected chi connectivity index (χ3v) is 2.71. The Labute approximate surface area is 109 Å². The smallest absolute Gasteiger partial charge is 0.222 e. The van der Waals surface area contributed by atoms with Crippen molar-refractivity contribution >= 4 is 23.1 Å². The van der Waals surface area contributed by atoms with E-state index < -0.39 is 0 Å². The molecule has 0 rings (SSSR count). The molecule has 0 unspecified atom stereocenters. The lowest BCUT2D eigenvalue weighted by molar-refractivity contribution is -0.131. The normalized spacial score (nSPS) is 10.2. The molecule has 2 N–H and O–H groups in total. The number of thiocarbonyl (C=S) groups is 1. The lowest BCUT2D eigenvalue weighted by Crippen LogP contribution is -2.34. The van der Waals surface area contributed by atoms with E-state index in [2.05, 4.69) is 6.92 Å². The number of amides is 1. The lowest BCUT2D eigenvalue weighted by Gasteiger charge is -2.22. The van der Waals surface area contributed by atoms with Crippen LogP contribution in [-0.4, -0.2) is 42.6 Å². The van der Waals surface area contributed by atoms with Crippen LogP contribution < -0.4 is 5.73 Å². The minimum Gasteiger partial charge on any atom is -0.393 e. The summed E-state index contributed by atoms with van der Waals surface area (Å²) < 4.78 is 4.99. The standard InChI is InChI=1S/C12H24N2O2S/c1-3-4-6-12(15)14(8-5-10-16-2)9-7-11(13)17/h3-10H2,1-2H3,(H2,13,17). The Morgan fingerprint density at radius 3 is 2.53 bits per heavy atom. The van der Waals surface area contributed by atoms with E-state index in [9.17, 15) is 4.79 Å². The van der Waals surface area contributed by atoms with Gasteiger partial charge in [0.2, 0.25) is 5.91 Å². The number of hydrogen-bond acceptors (Lipinski definition) is 3. The Morgan fingerprint density at radius 2 is 2.00 bits per heavy atom. The first-order chi connectivity index (χ1) is 8.11. The number of carbonyl (C=O) groups excluding carboxylic acids is 1. The fraction of sp³-hybridized carbons (Fsp3) is 0.833. The van der Waals surface area contributed by atoms with Crippen LogP contribution in [0.2, 0.25) is 0 Å². The van der Waals surface area contributed by atoms with Crippen molar-refractivity contribution < 1.29 is 9.53 Å². The summed E-state index contributed by atoms with van der Waals surface area (Å²) in [5.74, 6) is 0.194. The number of hydrogen-bond donors (Lipinski definition) is 1. The second-order valence-electron chi connectivity index (χ2n) is 4.05. The van der Waals surface area contributed by atoms with Crippen molar-refractivity contribution in [2.75, 3.05) is 26.8 Å². The number of nitrogens with two attached hydrogens (primary N) is 1. The molecule has 0 aromatic carbocycles. The third-order valence-electron chi connectivity index (χ3n) is 2.50. The van der Waals surface area contributed by atoms with Crippen LogP contribution in [0.1, 0.15) is 39.0 Å². The molecule has 0 aliphatic rings. The summed E-state index contributed by atoms with van der Waals surface area (Å²) in [6.45, 7) is 4.10. The predicted octanol–water partition coefficient (Wildman–Crippen LogP) is 1.72. The number of methoxy groups -OCH3 is 1. The SMILES string of the molecule is CCCCC(=O)N(CCCOC)CCC(N)=S. The van der Waals surface area contributed by atoms with Crippen molar-refractivity contribution in [3.05, 3.63) is 0 Å². The van der Waals surface area contributed by atoms with Crippen LogP contribution in [0.3, 0.4) is 0 Å². The molecular weight excluding hydrogens is 236 g/mol. The highest BCUT2D eigenvalue weighted by atomic mass is 32.1. The van der Waals surface area contributed by atoms with Crippen molar-refractivity contribution in [2.45, 2.75) is 39.0 Å². The largest absolute Gasteiger partial charge is 0.393 e. The Kier molecular flexibility index (Phi) is 10.1. The van der Waals surface area contributed by atoms with Gasteiger partial charge in [0.1, 0.15) is 0 Å². The van der Waals surface area contributed by atoms with Crippen LogP contribution in [0, 0.1) is 0 Å². The highest BCUT2D eigenvalue weighted by Gasteiger charge is 2.12. The van der Waals surface area contributed by atoms with E-state index in [0.717, 1.165) is 25.8 Å². The molecule has 0 atom stereocenters. The Morgan fingerprint density at radius 1 is 1.29 bits per heavy atom. The molecule has 0 spiro atoms. The quantitative estimate of drug-likeness (QED) is 0.480. The van der Waals surface area contributed by atoms with Crippen LogP contribution in [0.15, 0.2) is 0 Å². The second-order valence-corrected chi connectivity index (χ2v) is 4.57. The summed E-state index contributed by atoms with van der Waals surface area (Å²) in [5.41, 5.74) is 5.46. The molecule has 0 fully saturated rings. The number of ether oxygens (including phenoxy) is 1. The Hall–Kier alpha value is -0.680. The molecular formula is C12H24N2O2S. The van der Waals surface area contributed by atoms with Crippen LogP contribution in [0.25, 0.3) is 0 Å². The first-order valence-electron chi connectivity index (χ1n) is 6.16.